The summed E-state index contributed by atoms with van der Waals surface area (Å²) in [6.07, 6.45) is -2.83. The highest BCUT2D eigenvalue weighted by Gasteiger charge is 2.44. The number of hydrogen-bond acceptors (Lipinski definition) is 6. The molecule has 0 radical (unpaired) electrons. The molecular formula is C27H30F3N5O4. The van der Waals surface area contributed by atoms with Crippen LogP contribution >= 0.6 is 0 Å². The number of methoxy groups -OCH3 is 1. The number of carbonyl (C=O) groups is 2. The Morgan fingerprint density at radius 3 is 2.21 bits per heavy atom. The van der Waals surface area contributed by atoms with Crippen LogP contribution in [-0.2, 0) is 28.1 Å². The maximum absolute atomic E-state index is 12.9. The van der Waals surface area contributed by atoms with Crippen LogP contribution in [-0.4, -0.2) is 81.5 Å². The van der Waals surface area contributed by atoms with Gasteiger partial charge in [-0.05, 0) is 49.7 Å². The number of rotatable bonds is 4. The molecule has 0 aliphatic carbocycles. The summed E-state index contributed by atoms with van der Waals surface area (Å²) in [5.74, 6) is 0.169. The molecule has 3 heterocycles. The summed E-state index contributed by atoms with van der Waals surface area (Å²) in [4.78, 5) is 26.2. The Bertz CT molecular complexity index is 1290. The van der Waals surface area contributed by atoms with Crippen LogP contribution in [0.3, 0.4) is 0 Å². The number of piperidine rings is 1. The van der Waals surface area contributed by atoms with E-state index in [9.17, 15) is 18.0 Å². The average molecular weight is 546 g/mol. The molecule has 0 saturated carbocycles. The topological polar surface area (TPSA) is 101 Å². The second kappa shape index (κ2) is 11.4. The Hall–Kier alpha value is -3.93. The van der Waals surface area contributed by atoms with Crippen LogP contribution in [0.4, 0.5) is 13.2 Å². The molecule has 208 valence electrons. The first-order valence-electron chi connectivity index (χ1n) is 12.4. The van der Waals surface area contributed by atoms with Gasteiger partial charge in [0.15, 0.2) is 5.82 Å². The molecule has 1 aromatic heterocycles. The van der Waals surface area contributed by atoms with Gasteiger partial charge in [0, 0.05) is 25.2 Å². The van der Waals surface area contributed by atoms with Crippen molar-refractivity contribution < 1.29 is 32.6 Å². The molecule has 3 aromatic rings. The standard InChI is InChI=1S/C25H29N5O2.C2HF3O2/c1-28-17-22-26-27-24(20-8-10-21(32-2)11-9-20)30(22)25(18-28)12-14-29(15-13-25)23(31)16-19-6-4-3-5-7-19;3-2(4,5)1(6)7/h3-11H,12-18H2,1-2H3;(H,6,7). The lowest BCUT2D eigenvalue weighted by Crippen LogP contribution is -2.56. The summed E-state index contributed by atoms with van der Waals surface area (Å²) >= 11 is 0. The minimum absolute atomic E-state index is 0.107. The van der Waals surface area contributed by atoms with Gasteiger partial charge < -0.3 is 19.3 Å². The number of halogens is 3. The van der Waals surface area contributed by atoms with E-state index in [1.54, 1.807) is 7.11 Å². The van der Waals surface area contributed by atoms with Crippen LogP contribution < -0.4 is 4.74 Å². The first-order chi connectivity index (χ1) is 18.5. The highest BCUT2D eigenvalue weighted by molar-refractivity contribution is 5.79. The Morgan fingerprint density at radius 2 is 1.64 bits per heavy atom. The van der Waals surface area contributed by atoms with Crippen molar-refractivity contribution in [3.63, 3.8) is 0 Å². The average Bonchev–Trinajstić information content (AvgIpc) is 3.34. The molecule has 2 aliphatic heterocycles. The molecule has 2 aromatic carbocycles. The number of likely N-dealkylation sites (N-methyl/N-ethyl adjacent to an activating group) is 1. The van der Waals surface area contributed by atoms with Crippen LogP contribution in [0, 0.1) is 0 Å². The van der Waals surface area contributed by atoms with Gasteiger partial charge in [0.25, 0.3) is 0 Å². The van der Waals surface area contributed by atoms with E-state index in [4.69, 9.17) is 14.6 Å². The predicted molar refractivity (Wildman–Crippen MR) is 136 cm³/mol. The summed E-state index contributed by atoms with van der Waals surface area (Å²) in [6, 6.07) is 18.0. The van der Waals surface area contributed by atoms with Crippen molar-refractivity contribution in [1.82, 2.24) is 24.6 Å². The van der Waals surface area contributed by atoms with E-state index < -0.39 is 12.1 Å². The van der Waals surface area contributed by atoms with Gasteiger partial charge in [-0.25, -0.2) is 4.79 Å². The molecule has 12 heteroatoms. The number of alkyl halides is 3. The van der Waals surface area contributed by atoms with Crippen molar-refractivity contribution in [1.29, 1.82) is 0 Å². The number of likely N-dealkylation sites (tertiary alicyclic amines) is 1. The second-order valence-corrected chi connectivity index (χ2v) is 9.75. The normalized spacial score (nSPS) is 16.7. The van der Waals surface area contributed by atoms with E-state index >= 15 is 0 Å². The van der Waals surface area contributed by atoms with Crippen LogP contribution in [0.1, 0.15) is 24.2 Å². The highest BCUT2D eigenvalue weighted by Crippen LogP contribution is 2.39. The number of benzene rings is 2. The van der Waals surface area contributed by atoms with E-state index in [0.717, 1.165) is 67.5 Å². The van der Waals surface area contributed by atoms with Gasteiger partial charge in [-0.15, -0.1) is 10.2 Å². The van der Waals surface area contributed by atoms with E-state index in [-0.39, 0.29) is 11.4 Å². The van der Waals surface area contributed by atoms with E-state index in [0.29, 0.717) is 6.42 Å². The van der Waals surface area contributed by atoms with Crippen molar-refractivity contribution >= 4 is 11.9 Å². The molecule has 9 nitrogen and oxygen atoms in total. The molecular weight excluding hydrogens is 515 g/mol. The van der Waals surface area contributed by atoms with Crippen molar-refractivity contribution in [2.24, 2.45) is 0 Å². The zero-order valence-corrected chi connectivity index (χ0v) is 21.7. The molecule has 1 N–H and O–H groups in total. The second-order valence-electron chi connectivity index (χ2n) is 9.75. The van der Waals surface area contributed by atoms with Crippen LogP contribution in [0.15, 0.2) is 54.6 Å². The molecule has 39 heavy (non-hydrogen) atoms. The number of aliphatic carboxylic acids is 1. The summed E-state index contributed by atoms with van der Waals surface area (Å²) in [7, 11) is 3.81. The number of carboxylic acids is 1. The zero-order chi connectivity index (χ0) is 28.2. The van der Waals surface area contributed by atoms with Gasteiger partial charge in [0.2, 0.25) is 5.91 Å². The summed E-state index contributed by atoms with van der Waals surface area (Å²) < 4.78 is 39.4. The first kappa shape index (κ1) is 28.1. The Kier molecular flexibility index (Phi) is 8.24. The largest absolute Gasteiger partial charge is 0.497 e. The van der Waals surface area contributed by atoms with Crippen molar-refractivity contribution in [3.8, 4) is 17.1 Å². The number of hydrogen-bond donors (Lipinski definition) is 1. The number of carboxylic acid groups (broad SMARTS) is 1. The molecule has 2 aliphatic rings. The summed E-state index contributed by atoms with van der Waals surface area (Å²) in [6.45, 7) is 3.21. The summed E-state index contributed by atoms with van der Waals surface area (Å²) in [5, 5.41) is 16.3. The van der Waals surface area contributed by atoms with Crippen LogP contribution in [0.25, 0.3) is 11.4 Å². The third-order valence-corrected chi connectivity index (χ3v) is 7.02. The number of fused-ring (bicyclic) bond motifs is 2. The third kappa shape index (κ3) is 6.39. The van der Waals surface area contributed by atoms with Gasteiger partial charge in [0.05, 0.1) is 25.6 Å². The predicted octanol–water partition coefficient (Wildman–Crippen LogP) is 3.59. The highest BCUT2D eigenvalue weighted by atomic mass is 19.4. The number of amides is 1. The lowest BCUT2D eigenvalue weighted by molar-refractivity contribution is -0.192. The van der Waals surface area contributed by atoms with E-state index in [2.05, 4.69) is 26.7 Å². The van der Waals surface area contributed by atoms with Gasteiger partial charge in [-0.3, -0.25) is 9.69 Å². The van der Waals surface area contributed by atoms with Crippen molar-refractivity contribution in [2.45, 2.75) is 37.5 Å². The molecule has 1 fully saturated rings. The minimum Gasteiger partial charge on any atom is -0.497 e. The quantitative estimate of drug-likeness (QED) is 0.535. The zero-order valence-electron chi connectivity index (χ0n) is 21.7. The number of nitrogens with zero attached hydrogens (tertiary/aromatic N) is 5. The fourth-order valence-electron chi connectivity index (χ4n) is 5.15. The molecule has 0 bridgehead atoms. The van der Waals surface area contributed by atoms with Gasteiger partial charge in [0.1, 0.15) is 11.6 Å². The van der Waals surface area contributed by atoms with E-state index in [1.165, 1.54) is 0 Å². The van der Waals surface area contributed by atoms with Crippen molar-refractivity contribution in [2.75, 3.05) is 33.8 Å². The lowest BCUT2D eigenvalue weighted by atomic mass is 9.84. The molecule has 0 atom stereocenters. The van der Waals surface area contributed by atoms with E-state index in [1.807, 2.05) is 59.5 Å². The SMILES string of the molecule is COc1ccc(-c2nnc3n2C2(CCN(C(=O)Cc4ccccc4)CC2)CN(C)C3)cc1.O=C(O)C(F)(F)F. The smallest absolute Gasteiger partial charge is 0.490 e. The van der Waals surface area contributed by atoms with Crippen LogP contribution in [0.2, 0.25) is 0 Å². The number of aromatic nitrogens is 3. The molecule has 5 rings (SSSR count). The van der Waals surface area contributed by atoms with Gasteiger partial charge in [-0.1, -0.05) is 30.3 Å². The molecule has 1 spiro atoms. The minimum atomic E-state index is -5.08. The maximum Gasteiger partial charge on any atom is 0.490 e. The Labute approximate surface area is 223 Å². The van der Waals surface area contributed by atoms with Gasteiger partial charge >= 0.3 is 12.1 Å². The first-order valence-corrected chi connectivity index (χ1v) is 12.4. The third-order valence-electron chi connectivity index (χ3n) is 7.02. The number of carbonyl (C=O) groups excluding carboxylic acids is 1. The lowest BCUT2D eigenvalue weighted by Gasteiger charge is -2.48. The summed E-state index contributed by atoms with van der Waals surface area (Å²) in [5.41, 5.74) is 2.00. The fraction of sp³-hybridized carbons (Fsp3) is 0.407. The Morgan fingerprint density at radius 1 is 1.03 bits per heavy atom. The molecule has 0 unspecified atom stereocenters. The van der Waals surface area contributed by atoms with Crippen LogP contribution in [0.5, 0.6) is 5.75 Å². The molecule has 1 saturated heterocycles. The monoisotopic (exact) mass is 545 g/mol. The number of ether oxygens (including phenoxy) is 1. The van der Waals surface area contributed by atoms with Gasteiger partial charge in [-0.2, -0.15) is 13.2 Å². The van der Waals surface area contributed by atoms with Crippen molar-refractivity contribution in [3.05, 3.63) is 66.0 Å². The fourth-order valence-corrected chi connectivity index (χ4v) is 5.15. The Balaban J connectivity index is 0.000000448. The maximum atomic E-state index is 12.9. The molecule has 1 amide bonds.